The van der Waals surface area contributed by atoms with Gasteiger partial charge in [0.05, 0.1) is 23.8 Å². The van der Waals surface area contributed by atoms with Crippen LogP contribution in [0.15, 0.2) is 66.4 Å². The number of non-ortho nitro benzene ring substituents is 1. The lowest BCUT2D eigenvalue weighted by molar-refractivity contribution is -0.384. The second kappa shape index (κ2) is 9.76. The summed E-state index contributed by atoms with van der Waals surface area (Å²) in [5, 5.41) is 40.1. The molecule has 33 heavy (non-hydrogen) atoms. The van der Waals surface area contributed by atoms with Gasteiger partial charge in [-0.05, 0) is 23.8 Å². The summed E-state index contributed by atoms with van der Waals surface area (Å²) in [7, 11) is 0. The molecule has 1 aromatic heterocycles. The average molecular weight is 444 g/mol. The molecule has 1 N–H and O–H groups in total. The van der Waals surface area contributed by atoms with Crippen molar-refractivity contribution in [3.63, 3.8) is 0 Å². The molecule has 10 heteroatoms. The first-order valence-corrected chi connectivity index (χ1v) is 10.2. The lowest BCUT2D eigenvalue weighted by Crippen LogP contribution is -2.38. The Morgan fingerprint density at radius 2 is 1.91 bits per heavy atom. The summed E-state index contributed by atoms with van der Waals surface area (Å²) in [5.74, 6) is 0.399. The Kier molecular flexibility index (Phi) is 6.43. The minimum Gasteiger partial charge on any atom is -0.506 e. The Bertz CT molecular complexity index is 1250. The Balaban J connectivity index is 1.76. The van der Waals surface area contributed by atoms with Gasteiger partial charge in [0.15, 0.2) is 5.82 Å². The molecule has 1 aliphatic heterocycles. The molecule has 0 atom stereocenters. The highest BCUT2D eigenvalue weighted by atomic mass is 16.6. The van der Waals surface area contributed by atoms with Crippen molar-refractivity contribution in [1.29, 1.82) is 5.26 Å². The van der Waals surface area contributed by atoms with Crippen molar-refractivity contribution >= 4 is 23.3 Å². The number of benzene rings is 2. The quantitative estimate of drug-likeness (QED) is 0.201. The van der Waals surface area contributed by atoms with Crippen molar-refractivity contribution in [2.24, 2.45) is 0 Å². The Hall–Kier alpha value is -4.49. The van der Waals surface area contributed by atoms with E-state index in [1.807, 2.05) is 41.3 Å². The molecular weight excluding hydrogens is 424 g/mol. The van der Waals surface area contributed by atoms with Crippen LogP contribution in [-0.2, 0) is 4.74 Å². The molecule has 1 saturated heterocycles. The topological polar surface area (TPSA) is 130 Å². The maximum Gasteiger partial charge on any atom is 0.270 e. The highest BCUT2D eigenvalue weighted by molar-refractivity contribution is 5.79. The van der Waals surface area contributed by atoms with Crippen LogP contribution < -0.4 is 4.90 Å². The lowest BCUT2D eigenvalue weighted by Gasteiger charge is -2.28. The van der Waals surface area contributed by atoms with Crippen LogP contribution in [0, 0.1) is 21.4 Å². The van der Waals surface area contributed by atoms with Gasteiger partial charge in [0.25, 0.3) is 5.69 Å². The van der Waals surface area contributed by atoms with Crippen molar-refractivity contribution < 1.29 is 14.8 Å². The molecule has 0 aliphatic carbocycles. The molecule has 0 bridgehead atoms. The number of nitro benzene ring substituents is 1. The number of aliphatic hydroxyl groups is 1. The van der Waals surface area contributed by atoms with E-state index in [1.165, 1.54) is 24.3 Å². The van der Waals surface area contributed by atoms with Crippen LogP contribution in [0.5, 0.6) is 0 Å². The number of hydrogen-bond donors (Lipinski definition) is 1. The Labute approximate surface area is 189 Å². The summed E-state index contributed by atoms with van der Waals surface area (Å²) in [6.07, 6.45) is 2.81. The molecule has 0 radical (unpaired) electrons. The Morgan fingerprint density at radius 1 is 1.15 bits per heavy atom. The van der Waals surface area contributed by atoms with Crippen LogP contribution in [0.4, 0.5) is 11.6 Å². The van der Waals surface area contributed by atoms with E-state index in [0.29, 0.717) is 37.8 Å². The number of para-hydroxylation sites is 1. The van der Waals surface area contributed by atoms with Gasteiger partial charge in [-0.2, -0.15) is 5.26 Å². The molecular formula is C23H20N6O4. The normalized spacial score (nSPS) is 14.7. The largest absolute Gasteiger partial charge is 0.506 e. The van der Waals surface area contributed by atoms with Gasteiger partial charge in [0.2, 0.25) is 5.95 Å². The second-order valence-electron chi connectivity index (χ2n) is 7.15. The van der Waals surface area contributed by atoms with E-state index in [0.717, 1.165) is 5.69 Å². The van der Waals surface area contributed by atoms with Gasteiger partial charge in [0.1, 0.15) is 17.4 Å². The molecule has 0 saturated carbocycles. The molecule has 2 heterocycles. The van der Waals surface area contributed by atoms with Crippen molar-refractivity contribution in [3.8, 4) is 11.8 Å². The third-order valence-corrected chi connectivity index (χ3v) is 5.06. The maximum atomic E-state index is 11.0. The number of morpholine rings is 1. The fourth-order valence-electron chi connectivity index (χ4n) is 3.44. The van der Waals surface area contributed by atoms with Crippen LogP contribution in [0.1, 0.15) is 11.4 Å². The fourth-order valence-corrected chi connectivity index (χ4v) is 3.44. The zero-order valence-electron chi connectivity index (χ0n) is 17.5. The van der Waals surface area contributed by atoms with Gasteiger partial charge in [-0.3, -0.25) is 14.7 Å². The van der Waals surface area contributed by atoms with E-state index < -0.39 is 4.92 Å². The minimum atomic E-state index is -0.497. The summed E-state index contributed by atoms with van der Waals surface area (Å²) >= 11 is 0. The van der Waals surface area contributed by atoms with Crippen LogP contribution >= 0.6 is 0 Å². The first-order valence-electron chi connectivity index (χ1n) is 10.2. The van der Waals surface area contributed by atoms with E-state index in [-0.39, 0.29) is 22.8 Å². The summed E-state index contributed by atoms with van der Waals surface area (Å²) in [6.45, 7) is 2.34. The molecule has 1 aliphatic rings. The van der Waals surface area contributed by atoms with E-state index >= 15 is 0 Å². The van der Waals surface area contributed by atoms with Gasteiger partial charge < -0.3 is 14.7 Å². The van der Waals surface area contributed by atoms with E-state index in [4.69, 9.17) is 4.74 Å². The van der Waals surface area contributed by atoms with Crippen LogP contribution in [0.25, 0.3) is 17.3 Å². The van der Waals surface area contributed by atoms with E-state index in [1.54, 1.807) is 16.7 Å². The van der Waals surface area contributed by atoms with Gasteiger partial charge in [-0.25, -0.2) is 0 Å². The zero-order chi connectivity index (χ0) is 23.2. The molecule has 0 unspecified atom stereocenters. The number of nitrogens with zero attached hydrogens (tertiary/aromatic N) is 6. The molecule has 1 fully saturated rings. The van der Waals surface area contributed by atoms with Crippen molar-refractivity contribution in [1.82, 2.24) is 14.8 Å². The molecule has 0 spiro atoms. The number of aromatic nitrogens is 3. The predicted molar refractivity (Wildman–Crippen MR) is 122 cm³/mol. The van der Waals surface area contributed by atoms with Gasteiger partial charge in [0, 0.05) is 25.2 Å². The van der Waals surface area contributed by atoms with Gasteiger partial charge in [-0.1, -0.05) is 36.4 Å². The Morgan fingerprint density at radius 3 is 2.61 bits per heavy atom. The summed E-state index contributed by atoms with van der Waals surface area (Å²) in [6, 6.07) is 17.3. The second-order valence-corrected chi connectivity index (χ2v) is 7.15. The molecule has 4 rings (SSSR count). The fraction of sp³-hybridized carbons (Fsp3) is 0.174. The maximum absolute atomic E-state index is 11.0. The first kappa shape index (κ1) is 21.7. The third kappa shape index (κ3) is 4.73. The predicted octanol–water partition coefficient (Wildman–Crippen LogP) is 3.52. The number of aliphatic hydroxyl groups excluding tert-OH is 1. The summed E-state index contributed by atoms with van der Waals surface area (Å²) in [4.78, 5) is 12.5. The summed E-state index contributed by atoms with van der Waals surface area (Å²) in [5.41, 5.74) is 1.10. The van der Waals surface area contributed by atoms with Crippen molar-refractivity contribution in [2.75, 3.05) is 31.2 Å². The smallest absolute Gasteiger partial charge is 0.270 e. The van der Waals surface area contributed by atoms with Crippen LogP contribution in [0.3, 0.4) is 0 Å². The molecule has 10 nitrogen and oxygen atoms in total. The third-order valence-electron chi connectivity index (χ3n) is 5.06. The van der Waals surface area contributed by atoms with Crippen molar-refractivity contribution in [3.05, 3.63) is 87.9 Å². The lowest BCUT2D eigenvalue weighted by atomic mass is 10.1. The van der Waals surface area contributed by atoms with Crippen LogP contribution in [0.2, 0.25) is 0 Å². The monoisotopic (exact) mass is 444 g/mol. The summed E-state index contributed by atoms with van der Waals surface area (Å²) < 4.78 is 7.15. The average Bonchev–Trinajstić information content (AvgIpc) is 3.29. The number of nitro groups is 1. The highest BCUT2D eigenvalue weighted by Crippen LogP contribution is 2.27. The van der Waals surface area contributed by atoms with Crippen LogP contribution in [-0.4, -0.2) is 51.1 Å². The van der Waals surface area contributed by atoms with E-state index in [2.05, 4.69) is 10.2 Å². The standard InChI is InChI=1S/C23H20N6O4/c24-16-20(21(30)10-9-17-5-4-8-19(15-17)29(31)32)22-25-26-23(27-11-13-33-14-12-27)28(22)18-6-2-1-3-7-18/h1-10,15,30H,11-14H2. The first-order chi connectivity index (χ1) is 16.1. The minimum absolute atomic E-state index is 0.0694. The number of anilines is 1. The zero-order valence-corrected chi connectivity index (χ0v) is 17.5. The SMILES string of the molecule is N#CC(=C(O)C=Cc1cccc([N+](=O)[O-])c1)c1nnc(N2CCOCC2)n1-c1ccccc1. The number of rotatable bonds is 6. The van der Waals surface area contributed by atoms with Crippen molar-refractivity contribution in [2.45, 2.75) is 0 Å². The van der Waals surface area contributed by atoms with Gasteiger partial charge in [-0.15, -0.1) is 10.2 Å². The van der Waals surface area contributed by atoms with Gasteiger partial charge >= 0.3 is 0 Å². The number of ether oxygens (including phenoxy) is 1. The number of allylic oxidation sites excluding steroid dienone is 2. The molecule has 166 valence electrons. The molecule has 3 aromatic rings. The molecule has 2 aromatic carbocycles. The highest BCUT2D eigenvalue weighted by Gasteiger charge is 2.24. The number of nitriles is 1. The number of hydrogen-bond acceptors (Lipinski definition) is 8. The molecule has 0 amide bonds. The van der Waals surface area contributed by atoms with E-state index in [9.17, 15) is 20.5 Å².